The Morgan fingerprint density at radius 1 is 1.08 bits per heavy atom. The van der Waals surface area contributed by atoms with E-state index in [9.17, 15) is 0 Å². The van der Waals surface area contributed by atoms with Gasteiger partial charge in [-0.05, 0) is 11.8 Å². The summed E-state index contributed by atoms with van der Waals surface area (Å²) in [5.41, 5.74) is 0. The summed E-state index contributed by atoms with van der Waals surface area (Å²) in [5, 5.41) is 0. The van der Waals surface area contributed by atoms with Crippen molar-refractivity contribution >= 4 is 8.80 Å². The number of hydrogen-bond donors (Lipinski definition) is 0. The van der Waals surface area contributed by atoms with Gasteiger partial charge in [-0.15, -0.1) is 0 Å². The second-order valence-electron chi connectivity index (χ2n) is 5.22. The molecule has 1 aliphatic carbocycles. The van der Waals surface area contributed by atoms with Crippen molar-refractivity contribution in [1.29, 1.82) is 0 Å². The Hall–Kier alpha value is 0.217. The van der Waals surface area contributed by atoms with Crippen LogP contribution in [0.5, 0.6) is 0 Å². The molecule has 0 N–H and O–H groups in total. The zero-order chi connectivity index (χ0) is 9.68. The quantitative estimate of drug-likeness (QED) is 0.597. The molecule has 0 saturated heterocycles. The van der Waals surface area contributed by atoms with Crippen LogP contribution in [-0.4, -0.2) is 8.80 Å². The summed E-state index contributed by atoms with van der Waals surface area (Å²) in [5.74, 6) is 2.23. The van der Waals surface area contributed by atoms with Gasteiger partial charge in [0.15, 0.2) is 0 Å². The average Bonchev–Trinajstić information content (AvgIpc) is 2.08. The summed E-state index contributed by atoms with van der Waals surface area (Å²) in [6.45, 7) is 7.37. The molecule has 78 valence electrons. The lowest BCUT2D eigenvalue weighted by atomic mass is 9.78. The summed E-state index contributed by atoms with van der Waals surface area (Å²) in [6.07, 6.45) is 9.04. The van der Waals surface area contributed by atoms with Crippen LogP contribution in [0, 0.1) is 11.8 Å². The van der Waals surface area contributed by atoms with E-state index in [2.05, 4.69) is 20.0 Å². The molecule has 1 aliphatic rings. The maximum Gasteiger partial charge on any atom is 0.0308 e. The van der Waals surface area contributed by atoms with Crippen LogP contribution < -0.4 is 0 Å². The van der Waals surface area contributed by atoms with Crippen molar-refractivity contribution in [2.24, 2.45) is 11.8 Å². The summed E-state index contributed by atoms with van der Waals surface area (Å²) in [6, 6.07) is 1.62. The zero-order valence-electron chi connectivity index (χ0n) is 9.68. The van der Waals surface area contributed by atoms with Crippen molar-refractivity contribution < 1.29 is 0 Å². The predicted molar refractivity (Wildman–Crippen MR) is 64.0 cm³/mol. The van der Waals surface area contributed by atoms with E-state index in [-0.39, 0.29) is 8.80 Å². The first-order valence-electron chi connectivity index (χ1n) is 6.24. The van der Waals surface area contributed by atoms with E-state index in [0.717, 1.165) is 11.8 Å². The van der Waals surface area contributed by atoms with Gasteiger partial charge in [0.25, 0.3) is 0 Å². The van der Waals surface area contributed by atoms with Gasteiger partial charge in [0.05, 0.1) is 0 Å². The zero-order valence-corrected chi connectivity index (χ0v) is 10.8. The van der Waals surface area contributed by atoms with Crippen LogP contribution in [0.3, 0.4) is 0 Å². The van der Waals surface area contributed by atoms with Crippen LogP contribution >= 0.6 is 0 Å². The van der Waals surface area contributed by atoms with Crippen molar-refractivity contribution in [3.05, 3.63) is 0 Å². The highest BCUT2D eigenvalue weighted by Gasteiger charge is 2.24. The van der Waals surface area contributed by atoms with Crippen molar-refractivity contribution in [3.8, 4) is 0 Å². The van der Waals surface area contributed by atoms with E-state index >= 15 is 0 Å². The normalized spacial score (nSPS) is 29.5. The van der Waals surface area contributed by atoms with Gasteiger partial charge in [-0.2, -0.15) is 0 Å². The van der Waals surface area contributed by atoms with Gasteiger partial charge in [-0.25, -0.2) is 0 Å². The molecule has 0 amide bonds. The van der Waals surface area contributed by atoms with E-state index in [4.69, 9.17) is 0 Å². The van der Waals surface area contributed by atoms with Crippen molar-refractivity contribution in [3.63, 3.8) is 0 Å². The van der Waals surface area contributed by atoms with Crippen LogP contribution in [-0.2, 0) is 0 Å². The molecule has 1 rings (SSSR count). The smallest absolute Gasteiger partial charge is 0.0308 e. The fraction of sp³-hybridized carbons (Fsp3) is 1.00. The molecule has 0 radical (unpaired) electrons. The van der Waals surface area contributed by atoms with Crippen molar-refractivity contribution in [2.75, 3.05) is 0 Å². The summed E-state index contributed by atoms with van der Waals surface area (Å²) >= 11 is 0. The number of hydrogen-bond acceptors (Lipinski definition) is 0. The molecule has 1 unspecified atom stereocenters. The van der Waals surface area contributed by atoms with Crippen LogP contribution in [0.25, 0.3) is 0 Å². The molecular formula is C12H26Si. The highest BCUT2D eigenvalue weighted by molar-refractivity contribution is 6.55. The third-order valence-corrected chi connectivity index (χ3v) is 5.05. The third kappa shape index (κ3) is 3.84. The highest BCUT2D eigenvalue weighted by atomic mass is 28.3. The van der Waals surface area contributed by atoms with E-state index in [1.165, 1.54) is 25.7 Å². The lowest BCUT2D eigenvalue weighted by Gasteiger charge is -2.32. The second-order valence-corrected chi connectivity index (χ2v) is 8.48. The van der Waals surface area contributed by atoms with Crippen LogP contribution in [0.1, 0.15) is 45.4 Å². The first-order chi connectivity index (χ1) is 6.24. The molecule has 1 saturated carbocycles. The Balaban J connectivity index is 2.36. The van der Waals surface area contributed by atoms with Gasteiger partial charge >= 0.3 is 0 Å². The lowest BCUT2D eigenvalue weighted by molar-refractivity contribution is 0.239. The molecule has 0 bridgehead atoms. The molecule has 0 heterocycles. The topological polar surface area (TPSA) is 0 Å². The molecule has 0 aromatic carbocycles. The molecule has 0 aromatic heterocycles. The fourth-order valence-electron chi connectivity index (χ4n) is 2.95. The van der Waals surface area contributed by atoms with Gasteiger partial charge in [0.2, 0.25) is 0 Å². The van der Waals surface area contributed by atoms with Crippen LogP contribution in [0.2, 0.25) is 19.1 Å². The Bertz CT molecular complexity index is 129. The van der Waals surface area contributed by atoms with Gasteiger partial charge in [0.1, 0.15) is 0 Å². The number of rotatable bonds is 4. The fourth-order valence-corrected chi connectivity index (χ4v) is 4.78. The largest absolute Gasteiger partial charge is 0.0722 e. The summed E-state index contributed by atoms with van der Waals surface area (Å²) in [7, 11) is -0.307. The van der Waals surface area contributed by atoms with Crippen LogP contribution in [0.4, 0.5) is 0 Å². The molecule has 1 heteroatoms. The second kappa shape index (κ2) is 5.84. The first kappa shape index (κ1) is 11.3. The molecular weight excluding hydrogens is 172 g/mol. The Labute approximate surface area is 85.7 Å². The van der Waals surface area contributed by atoms with E-state index in [0.29, 0.717) is 0 Å². The van der Waals surface area contributed by atoms with E-state index in [1.54, 1.807) is 18.9 Å². The minimum Gasteiger partial charge on any atom is -0.0722 e. The molecule has 0 spiro atoms. The maximum absolute atomic E-state index is 2.51. The molecule has 0 nitrogen and oxygen atoms in total. The van der Waals surface area contributed by atoms with Crippen LogP contribution in [0.15, 0.2) is 0 Å². The van der Waals surface area contributed by atoms with Crippen molar-refractivity contribution in [1.82, 2.24) is 0 Å². The summed E-state index contributed by atoms with van der Waals surface area (Å²) < 4.78 is 0. The van der Waals surface area contributed by atoms with E-state index < -0.39 is 0 Å². The molecule has 1 fully saturated rings. The minimum atomic E-state index is -0.307. The van der Waals surface area contributed by atoms with Gasteiger partial charge in [-0.1, -0.05) is 64.6 Å². The summed E-state index contributed by atoms with van der Waals surface area (Å²) in [4.78, 5) is 0. The molecule has 0 aliphatic heterocycles. The molecule has 0 aromatic rings. The standard InChI is InChI=1S/C12H26Si/c1-4-7-11-8-5-6-9-12(11)10-13(2)3/h11-13H,4-10H2,1-3H3/t11-,12?/m0/s1. The first-order valence-corrected chi connectivity index (χ1v) is 9.36. The van der Waals surface area contributed by atoms with Gasteiger partial charge in [-0.3, -0.25) is 0 Å². The Kier molecular flexibility index (Phi) is 5.08. The molecule has 2 atom stereocenters. The Morgan fingerprint density at radius 2 is 1.69 bits per heavy atom. The van der Waals surface area contributed by atoms with Crippen molar-refractivity contribution in [2.45, 2.75) is 64.6 Å². The lowest BCUT2D eigenvalue weighted by Crippen LogP contribution is -2.22. The SMILES string of the molecule is CCC[C@H]1CCCCC1C[SiH](C)C. The molecule has 13 heavy (non-hydrogen) atoms. The van der Waals surface area contributed by atoms with E-state index in [1.807, 2.05) is 0 Å². The average molecular weight is 198 g/mol. The predicted octanol–water partition coefficient (Wildman–Crippen LogP) is 4.08. The maximum atomic E-state index is 2.51. The highest BCUT2D eigenvalue weighted by Crippen LogP contribution is 2.36. The minimum absolute atomic E-state index is 0.307. The third-order valence-electron chi connectivity index (χ3n) is 3.50. The Morgan fingerprint density at radius 3 is 2.23 bits per heavy atom. The van der Waals surface area contributed by atoms with Gasteiger partial charge in [0, 0.05) is 8.80 Å². The van der Waals surface area contributed by atoms with Gasteiger partial charge < -0.3 is 0 Å². The monoisotopic (exact) mass is 198 g/mol.